The zero-order valence-corrected chi connectivity index (χ0v) is 9.97. The third-order valence-corrected chi connectivity index (χ3v) is 2.67. The Morgan fingerprint density at radius 2 is 1.89 bits per heavy atom. The molecule has 0 saturated carbocycles. The minimum atomic E-state index is -0.227. The number of halogens is 1. The Hall–Kier alpha value is -1.94. The van der Waals surface area contributed by atoms with Crippen molar-refractivity contribution in [3.63, 3.8) is 0 Å². The van der Waals surface area contributed by atoms with Crippen molar-refractivity contribution in [1.29, 1.82) is 0 Å². The van der Waals surface area contributed by atoms with E-state index in [-0.39, 0.29) is 11.4 Å². The van der Waals surface area contributed by atoms with Crippen molar-refractivity contribution in [2.45, 2.75) is 13.1 Å². The zero-order chi connectivity index (χ0) is 12.8. The lowest BCUT2D eigenvalue weighted by molar-refractivity contribution is 0.583. The average Bonchev–Trinajstić information content (AvgIpc) is 2.39. The quantitative estimate of drug-likeness (QED) is 0.816. The first-order valence-corrected chi connectivity index (χ1v) is 5.86. The number of nitrogens with one attached hydrogen (secondary N) is 1. The number of hydrogen-bond acceptors (Lipinski definition) is 2. The summed E-state index contributed by atoms with van der Waals surface area (Å²) < 4.78 is 14.3. The second kappa shape index (κ2) is 6.12. The Balaban J connectivity index is 1.78. The monoisotopic (exact) mass is 246 g/mol. The highest BCUT2D eigenvalue weighted by molar-refractivity contribution is 5.15. The Kier molecular flexibility index (Phi) is 4.25. The highest BCUT2D eigenvalue weighted by Crippen LogP contribution is 2.01. The molecule has 1 heterocycles. The van der Waals surface area contributed by atoms with Gasteiger partial charge >= 0.3 is 0 Å². The van der Waals surface area contributed by atoms with E-state index in [2.05, 4.69) is 5.32 Å². The molecule has 3 nitrogen and oxygen atoms in total. The van der Waals surface area contributed by atoms with Gasteiger partial charge in [0.2, 0.25) is 0 Å². The number of rotatable bonds is 5. The van der Waals surface area contributed by atoms with Crippen molar-refractivity contribution in [2.75, 3.05) is 6.54 Å². The standard InChI is InChI=1S/C14H15FN2O/c15-13-6-4-12(5-7-13)11-16-8-10-17-9-2-1-3-14(17)18/h1-7,9,16H,8,10-11H2. The topological polar surface area (TPSA) is 34.0 Å². The van der Waals surface area contributed by atoms with Gasteiger partial charge in [0, 0.05) is 31.9 Å². The summed E-state index contributed by atoms with van der Waals surface area (Å²) in [6, 6.07) is 11.5. The Morgan fingerprint density at radius 3 is 2.61 bits per heavy atom. The summed E-state index contributed by atoms with van der Waals surface area (Å²) in [6.07, 6.45) is 1.77. The maximum atomic E-state index is 12.7. The molecule has 0 fully saturated rings. The molecule has 0 aliphatic carbocycles. The lowest BCUT2D eigenvalue weighted by Gasteiger charge is -2.07. The van der Waals surface area contributed by atoms with Gasteiger partial charge in [0.05, 0.1) is 0 Å². The van der Waals surface area contributed by atoms with Crippen molar-refractivity contribution in [3.05, 3.63) is 70.4 Å². The van der Waals surface area contributed by atoms with E-state index in [0.717, 1.165) is 5.56 Å². The molecular formula is C14H15FN2O. The van der Waals surface area contributed by atoms with Crippen molar-refractivity contribution in [3.8, 4) is 0 Å². The predicted octanol–water partition coefficient (Wildman–Crippen LogP) is 1.78. The lowest BCUT2D eigenvalue weighted by atomic mass is 10.2. The molecular weight excluding hydrogens is 231 g/mol. The fourth-order valence-corrected chi connectivity index (χ4v) is 1.68. The summed E-state index contributed by atoms with van der Waals surface area (Å²) in [5, 5.41) is 3.21. The largest absolute Gasteiger partial charge is 0.314 e. The number of benzene rings is 1. The number of hydrogen-bond donors (Lipinski definition) is 1. The summed E-state index contributed by atoms with van der Waals surface area (Å²) in [7, 11) is 0. The molecule has 0 radical (unpaired) electrons. The second-order valence-corrected chi connectivity index (χ2v) is 4.04. The average molecular weight is 246 g/mol. The van der Waals surface area contributed by atoms with Gasteiger partial charge in [0.1, 0.15) is 5.82 Å². The van der Waals surface area contributed by atoms with Gasteiger partial charge < -0.3 is 9.88 Å². The number of aromatic nitrogens is 1. The highest BCUT2D eigenvalue weighted by Gasteiger charge is 1.95. The molecule has 0 aliphatic heterocycles. The van der Waals surface area contributed by atoms with Crippen LogP contribution in [0.1, 0.15) is 5.56 Å². The van der Waals surface area contributed by atoms with Crippen LogP contribution in [0.3, 0.4) is 0 Å². The van der Waals surface area contributed by atoms with Crippen LogP contribution in [0.4, 0.5) is 4.39 Å². The molecule has 0 saturated heterocycles. The summed E-state index contributed by atoms with van der Waals surface area (Å²) in [5.74, 6) is -0.227. The molecule has 0 atom stereocenters. The molecule has 1 N–H and O–H groups in total. The molecule has 0 spiro atoms. The van der Waals surface area contributed by atoms with Crippen LogP contribution in [-0.4, -0.2) is 11.1 Å². The molecule has 4 heteroatoms. The van der Waals surface area contributed by atoms with Gasteiger partial charge in [-0.15, -0.1) is 0 Å². The van der Waals surface area contributed by atoms with Crippen LogP contribution in [-0.2, 0) is 13.1 Å². The Labute approximate surface area is 105 Å². The molecule has 1 aromatic heterocycles. The number of nitrogens with zero attached hydrogens (tertiary/aromatic N) is 1. The molecule has 0 aliphatic rings. The van der Waals surface area contributed by atoms with Crippen LogP contribution in [0.15, 0.2) is 53.5 Å². The molecule has 0 bridgehead atoms. The summed E-state index contributed by atoms with van der Waals surface area (Å²) in [4.78, 5) is 11.4. The maximum Gasteiger partial charge on any atom is 0.250 e. The first kappa shape index (κ1) is 12.5. The first-order chi connectivity index (χ1) is 8.75. The van der Waals surface area contributed by atoms with Crippen molar-refractivity contribution in [2.24, 2.45) is 0 Å². The molecule has 1 aromatic carbocycles. The SMILES string of the molecule is O=c1ccccn1CCNCc1ccc(F)cc1. The van der Waals surface area contributed by atoms with Gasteiger partial charge in [-0.2, -0.15) is 0 Å². The molecule has 2 aromatic rings. The summed E-state index contributed by atoms with van der Waals surface area (Å²) >= 11 is 0. The van der Waals surface area contributed by atoms with Crippen molar-refractivity contribution in [1.82, 2.24) is 9.88 Å². The normalized spacial score (nSPS) is 10.5. The van der Waals surface area contributed by atoms with Gasteiger partial charge in [-0.25, -0.2) is 4.39 Å². The minimum Gasteiger partial charge on any atom is -0.314 e. The van der Waals surface area contributed by atoms with Gasteiger partial charge in [0.25, 0.3) is 5.56 Å². The van der Waals surface area contributed by atoms with Crippen LogP contribution in [0.2, 0.25) is 0 Å². The van der Waals surface area contributed by atoms with Crippen molar-refractivity contribution < 1.29 is 4.39 Å². The Morgan fingerprint density at radius 1 is 1.11 bits per heavy atom. The highest BCUT2D eigenvalue weighted by atomic mass is 19.1. The Bertz CT molecular complexity index is 548. The van der Waals surface area contributed by atoms with Crippen LogP contribution in [0.25, 0.3) is 0 Å². The number of pyridine rings is 1. The minimum absolute atomic E-state index is 0.00100. The van der Waals surface area contributed by atoms with Crippen molar-refractivity contribution >= 4 is 0 Å². The first-order valence-electron chi connectivity index (χ1n) is 5.86. The molecule has 0 unspecified atom stereocenters. The predicted molar refractivity (Wildman–Crippen MR) is 68.8 cm³/mol. The van der Waals surface area contributed by atoms with E-state index < -0.39 is 0 Å². The van der Waals surface area contributed by atoms with E-state index in [1.54, 1.807) is 35.0 Å². The van der Waals surface area contributed by atoms with Gasteiger partial charge in [-0.3, -0.25) is 4.79 Å². The molecule has 18 heavy (non-hydrogen) atoms. The molecule has 94 valence electrons. The lowest BCUT2D eigenvalue weighted by Crippen LogP contribution is -2.25. The van der Waals surface area contributed by atoms with Gasteiger partial charge in [-0.1, -0.05) is 18.2 Å². The summed E-state index contributed by atoms with van der Waals surface area (Å²) in [6.45, 7) is 1.99. The van der Waals surface area contributed by atoms with E-state index in [4.69, 9.17) is 0 Å². The maximum absolute atomic E-state index is 12.7. The summed E-state index contributed by atoms with van der Waals surface area (Å²) in [5.41, 5.74) is 1.03. The smallest absolute Gasteiger partial charge is 0.250 e. The van der Waals surface area contributed by atoms with Gasteiger partial charge in [-0.05, 0) is 23.8 Å². The third-order valence-electron chi connectivity index (χ3n) is 2.67. The fraction of sp³-hybridized carbons (Fsp3) is 0.214. The van der Waals surface area contributed by atoms with Crippen LogP contribution in [0, 0.1) is 5.82 Å². The fourth-order valence-electron chi connectivity index (χ4n) is 1.68. The van der Waals surface area contributed by atoms with E-state index in [9.17, 15) is 9.18 Å². The third kappa shape index (κ3) is 3.53. The van der Waals surface area contributed by atoms with E-state index in [0.29, 0.717) is 19.6 Å². The van der Waals surface area contributed by atoms with E-state index in [1.165, 1.54) is 12.1 Å². The molecule has 2 rings (SSSR count). The zero-order valence-electron chi connectivity index (χ0n) is 9.97. The van der Waals surface area contributed by atoms with Crippen LogP contribution < -0.4 is 10.9 Å². The van der Waals surface area contributed by atoms with E-state index in [1.807, 2.05) is 6.07 Å². The second-order valence-electron chi connectivity index (χ2n) is 4.04. The molecule has 0 amide bonds. The van der Waals surface area contributed by atoms with E-state index >= 15 is 0 Å². The van der Waals surface area contributed by atoms with Crippen LogP contribution >= 0.6 is 0 Å². The van der Waals surface area contributed by atoms with Gasteiger partial charge in [0.15, 0.2) is 0 Å². The van der Waals surface area contributed by atoms with Crippen LogP contribution in [0.5, 0.6) is 0 Å².